The summed E-state index contributed by atoms with van der Waals surface area (Å²) in [5.74, 6) is 0.372. The first-order valence-electron chi connectivity index (χ1n) is 24.8. The minimum Gasteiger partial charge on any atom is -0.310 e. The number of benzene rings is 10. The average Bonchev–Trinajstić information content (AvgIpc) is 3.83. The van der Waals surface area contributed by atoms with Gasteiger partial charge in [0.1, 0.15) is 0 Å². The summed E-state index contributed by atoms with van der Waals surface area (Å²) in [6.45, 7) is 32.2. The fourth-order valence-electron chi connectivity index (χ4n) is 10.1. The summed E-state index contributed by atoms with van der Waals surface area (Å²) in [6, 6.07) is 82.8. The van der Waals surface area contributed by atoms with Crippen molar-refractivity contribution < 1.29 is 0 Å². The Morgan fingerprint density at radius 1 is 0.325 bits per heavy atom. The van der Waals surface area contributed by atoms with E-state index in [9.17, 15) is 0 Å². The molecular formula is C68H41N9. The van der Waals surface area contributed by atoms with Gasteiger partial charge in [-0.05, 0) is 150 Å². The topological polar surface area (TPSA) is 54.6 Å². The number of fused-ring (bicyclic) bond motifs is 3. The van der Waals surface area contributed by atoms with Crippen LogP contribution in [0.4, 0.5) is 56.9 Å². The molecule has 77 heavy (non-hydrogen) atoms. The zero-order valence-corrected chi connectivity index (χ0v) is 41.2. The van der Waals surface area contributed by atoms with Crippen molar-refractivity contribution in [2.75, 3.05) is 9.80 Å². The lowest BCUT2D eigenvalue weighted by Gasteiger charge is -2.26. The van der Waals surface area contributed by atoms with E-state index < -0.39 is 0 Å². The van der Waals surface area contributed by atoms with Crippen LogP contribution in [0.5, 0.6) is 0 Å². The van der Waals surface area contributed by atoms with Crippen molar-refractivity contribution in [3.8, 4) is 50.7 Å². The van der Waals surface area contributed by atoms with Crippen LogP contribution in [0, 0.1) is 26.3 Å². The van der Waals surface area contributed by atoms with Crippen molar-refractivity contribution in [3.63, 3.8) is 0 Å². The van der Waals surface area contributed by atoms with Crippen molar-refractivity contribution in [2.24, 2.45) is 0 Å². The van der Waals surface area contributed by atoms with Crippen molar-refractivity contribution in [2.45, 2.75) is 0 Å². The second kappa shape index (κ2) is 20.3. The van der Waals surface area contributed by atoms with Crippen LogP contribution < -0.4 is 9.80 Å². The quantitative estimate of drug-likeness (QED) is 0.121. The molecule has 2 aromatic heterocycles. The first-order chi connectivity index (χ1) is 38.0. The average molecular weight is 984 g/mol. The normalized spacial score (nSPS) is 10.8. The molecule has 0 radical (unpaired) electrons. The van der Waals surface area contributed by atoms with E-state index in [-0.39, 0.29) is 0 Å². The Labute approximate surface area is 446 Å². The van der Waals surface area contributed by atoms with Gasteiger partial charge in [0.2, 0.25) is 0 Å². The Bertz CT molecular complexity index is 4040. The van der Waals surface area contributed by atoms with Gasteiger partial charge in [-0.25, -0.2) is 29.3 Å². The summed E-state index contributed by atoms with van der Waals surface area (Å²) < 4.78 is 2.29. The van der Waals surface area contributed by atoms with Gasteiger partial charge in [-0.2, -0.15) is 0 Å². The molecule has 0 aliphatic carbocycles. The maximum atomic E-state index is 8.48. The molecule has 0 N–H and O–H groups in total. The van der Waals surface area contributed by atoms with Gasteiger partial charge in [-0.1, -0.05) is 121 Å². The van der Waals surface area contributed by atoms with E-state index in [1.165, 1.54) is 0 Å². The standard InChI is InChI=1S/C68H41N9/c1-69-50-21-17-19-47(39-50)61-45-62(74-68(73-61)48-20-18-22-51(40-48)70-2)49-41-63(71-3)67(64(42-49)72-4)46-31-33-56(34-32-46)77-65-37-35-57(75(52-23-9-5-10-24-52)53-25-11-6-12-26-53)43-59(65)60-44-58(36-38-66(60)77)76(54-27-13-7-14-28-54)55-29-15-8-16-30-55/h5-45H. The fraction of sp³-hybridized carbons (Fsp3) is 0. The second-order valence-electron chi connectivity index (χ2n) is 18.2. The maximum Gasteiger partial charge on any atom is 0.187 e. The predicted octanol–water partition coefficient (Wildman–Crippen LogP) is 19.4. The van der Waals surface area contributed by atoms with E-state index in [0.29, 0.717) is 62.2 Å². The van der Waals surface area contributed by atoms with Crippen LogP contribution in [0.3, 0.4) is 0 Å². The van der Waals surface area contributed by atoms with Gasteiger partial charge in [-0.3, -0.25) is 0 Å². The minimum absolute atomic E-state index is 0.299. The van der Waals surface area contributed by atoms with Crippen LogP contribution in [0.25, 0.3) is 91.9 Å². The highest BCUT2D eigenvalue weighted by atomic mass is 15.1. The van der Waals surface area contributed by atoms with Crippen LogP contribution in [0.15, 0.2) is 249 Å². The summed E-state index contributed by atoms with van der Waals surface area (Å²) in [4.78, 5) is 29.7. The highest BCUT2D eigenvalue weighted by Gasteiger charge is 2.22. The molecule has 358 valence electrons. The molecule has 12 aromatic rings. The fourth-order valence-corrected chi connectivity index (χ4v) is 10.1. The van der Waals surface area contributed by atoms with Gasteiger partial charge < -0.3 is 14.4 Å². The van der Waals surface area contributed by atoms with E-state index in [0.717, 1.165) is 67.2 Å². The molecule has 0 aliphatic heterocycles. The summed E-state index contributed by atoms with van der Waals surface area (Å²) in [6.07, 6.45) is 0. The molecule has 0 saturated carbocycles. The molecule has 0 aliphatic rings. The molecule has 0 spiro atoms. The summed E-state index contributed by atoms with van der Waals surface area (Å²) >= 11 is 0. The predicted molar refractivity (Wildman–Crippen MR) is 313 cm³/mol. The summed E-state index contributed by atoms with van der Waals surface area (Å²) in [5, 5.41) is 2.13. The lowest BCUT2D eigenvalue weighted by molar-refractivity contribution is 1.18. The van der Waals surface area contributed by atoms with Crippen LogP contribution in [-0.2, 0) is 0 Å². The van der Waals surface area contributed by atoms with E-state index in [2.05, 4.69) is 179 Å². The molecule has 9 nitrogen and oxygen atoms in total. The van der Waals surface area contributed by atoms with Crippen LogP contribution in [0.1, 0.15) is 0 Å². The largest absolute Gasteiger partial charge is 0.310 e. The summed E-state index contributed by atoms with van der Waals surface area (Å²) in [7, 11) is 0. The van der Waals surface area contributed by atoms with Gasteiger partial charge in [0, 0.05) is 56.1 Å². The number of para-hydroxylation sites is 4. The number of nitrogens with zero attached hydrogens (tertiary/aromatic N) is 9. The second-order valence-corrected chi connectivity index (χ2v) is 18.2. The number of anilines is 6. The molecular weight excluding hydrogens is 943 g/mol. The Hall–Kier alpha value is -11.4. The van der Waals surface area contributed by atoms with Crippen LogP contribution in [-0.4, -0.2) is 14.5 Å². The first kappa shape index (κ1) is 46.7. The Balaban J connectivity index is 0.995. The molecule has 0 bridgehead atoms. The molecule has 12 rings (SSSR count). The van der Waals surface area contributed by atoms with Crippen molar-refractivity contribution in [1.29, 1.82) is 0 Å². The van der Waals surface area contributed by atoms with Gasteiger partial charge in [0.25, 0.3) is 0 Å². The van der Waals surface area contributed by atoms with Gasteiger partial charge in [-0.15, -0.1) is 0 Å². The SMILES string of the molecule is [C-]#[N+]c1cccc(-c2cc(-c3cc([N+]#[C-])c(-c4ccc(-n5c6ccc(N(c7ccccc7)c7ccccc7)cc6c6cc(N(c7ccccc7)c7ccccc7)ccc65)cc4)c([N+]#[C-])c3)nc(-c3cccc([N+]#[C-])c3)n2)c1. The third-order valence-electron chi connectivity index (χ3n) is 13.6. The minimum atomic E-state index is 0.299. The van der Waals surface area contributed by atoms with Gasteiger partial charge in [0.05, 0.1) is 48.7 Å². The van der Waals surface area contributed by atoms with E-state index in [1.54, 1.807) is 42.5 Å². The monoisotopic (exact) mass is 983 g/mol. The van der Waals surface area contributed by atoms with Crippen molar-refractivity contribution in [1.82, 2.24) is 14.5 Å². The lowest BCUT2D eigenvalue weighted by atomic mass is 9.97. The lowest BCUT2D eigenvalue weighted by Crippen LogP contribution is -2.09. The number of aromatic nitrogens is 3. The Morgan fingerprint density at radius 3 is 1.19 bits per heavy atom. The van der Waals surface area contributed by atoms with E-state index >= 15 is 0 Å². The highest BCUT2D eigenvalue weighted by Crippen LogP contribution is 2.46. The van der Waals surface area contributed by atoms with Crippen molar-refractivity contribution >= 4 is 78.7 Å². The smallest absolute Gasteiger partial charge is 0.187 e. The molecule has 0 amide bonds. The molecule has 2 heterocycles. The van der Waals surface area contributed by atoms with Crippen LogP contribution >= 0.6 is 0 Å². The summed E-state index contributed by atoms with van der Waals surface area (Å²) in [5.41, 5.74) is 14.9. The molecule has 0 saturated heterocycles. The number of rotatable bonds is 11. The van der Waals surface area contributed by atoms with E-state index in [1.807, 2.05) is 60.7 Å². The first-order valence-corrected chi connectivity index (χ1v) is 24.8. The van der Waals surface area contributed by atoms with Gasteiger partial charge in [0.15, 0.2) is 28.6 Å². The van der Waals surface area contributed by atoms with E-state index in [4.69, 9.17) is 36.3 Å². The molecule has 10 aromatic carbocycles. The zero-order chi connectivity index (χ0) is 52.2. The molecule has 0 atom stereocenters. The van der Waals surface area contributed by atoms with Crippen molar-refractivity contribution in [3.05, 3.63) is 294 Å². The third-order valence-corrected chi connectivity index (χ3v) is 13.6. The highest BCUT2D eigenvalue weighted by molar-refractivity contribution is 6.12. The zero-order valence-electron chi connectivity index (χ0n) is 41.2. The molecule has 0 fully saturated rings. The van der Waals surface area contributed by atoms with Gasteiger partial charge >= 0.3 is 0 Å². The third kappa shape index (κ3) is 8.92. The Kier molecular flexibility index (Phi) is 12.3. The molecule has 9 heteroatoms. The number of hydrogen-bond acceptors (Lipinski definition) is 4. The molecule has 0 unspecified atom stereocenters. The maximum absolute atomic E-state index is 8.48. The Morgan fingerprint density at radius 2 is 0.753 bits per heavy atom. The number of hydrogen-bond donors (Lipinski definition) is 0. The van der Waals surface area contributed by atoms with Crippen LogP contribution in [0.2, 0.25) is 0 Å².